The monoisotopic (exact) mass is 418 g/mol. The molecule has 4 rings (SSSR count). The first-order chi connectivity index (χ1) is 14.4. The van der Waals surface area contributed by atoms with Crippen molar-refractivity contribution in [3.63, 3.8) is 0 Å². The van der Waals surface area contributed by atoms with Gasteiger partial charge in [0.15, 0.2) is 10.8 Å². The summed E-state index contributed by atoms with van der Waals surface area (Å²) in [4.78, 5) is 13.0. The Morgan fingerprint density at radius 2 is 1.83 bits per heavy atom. The molecule has 4 aromatic rings. The van der Waals surface area contributed by atoms with E-state index in [1.165, 1.54) is 28.3 Å². The number of aryl methyl sites for hydroxylation is 4. The van der Waals surface area contributed by atoms with Gasteiger partial charge in [0.2, 0.25) is 5.91 Å². The first kappa shape index (κ1) is 20.4. The van der Waals surface area contributed by atoms with Gasteiger partial charge in [-0.05, 0) is 62.9 Å². The maximum absolute atomic E-state index is 13.0. The number of hydrogen-bond acceptors (Lipinski definition) is 4. The van der Waals surface area contributed by atoms with Crippen molar-refractivity contribution < 1.29 is 4.79 Å². The third-order valence-electron chi connectivity index (χ3n) is 5.44. The number of hydrogen-bond donors (Lipinski definition) is 1. The smallest absolute Gasteiger partial charge is 0.237 e. The highest BCUT2D eigenvalue weighted by Crippen LogP contribution is 2.31. The largest absolute Gasteiger partial charge is 0.325 e. The third-order valence-corrected chi connectivity index (χ3v) is 6.75. The Hall–Kier alpha value is -2.86. The molecule has 154 valence electrons. The number of benzene rings is 2. The van der Waals surface area contributed by atoms with E-state index in [-0.39, 0.29) is 11.2 Å². The van der Waals surface area contributed by atoms with Crippen LogP contribution in [0.1, 0.15) is 35.6 Å². The Balaban J connectivity index is 1.69. The standard InChI is InChI=1S/C24H26N4OS/c1-6-20(23(29)25-19-11-10-14(2)12-17(19)5)30-24-27-26-21-13-16(4)18-9-7-8-15(3)22(18)28(21)24/h7-13,20H,6H2,1-5H3,(H,25,29). The lowest BCUT2D eigenvalue weighted by molar-refractivity contribution is -0.115. The van der Waals surface area contributed by atoms with E-state index in [0.29, 0.717) is 6.42 Å². The van der Waals surface area contributed by atoms with Crippen LogP contribution in [-0.4, -0.2) is 25.8 Å². The summed E-state index contributed by atoms with van der Waals surface area (Å²) in [5.74, 6) is -0.0145. The van der Waals surface area contributed by atoms with Crippen molar-refractivity contribution in [2.45, 2.75) is 51.4 Å². The summed E-state index contributed by atoms with van der Waals surface area (Å²) in [6.45, 7) is 10.3. The summed E-state index contributed by atoms with van der Waals surface area (Å²) in [6, 6.07) is 14.4. The lowest BCUT2D eigenvalue weighted by Gasteiger charge is -2.16. The lowest BCUT2D eigenvalue weighted by atomic mass is 10.1. The zero-order chi connectivity index (χ0) is 21.4. The van der Waals surface area contributed by atoms with Crippen LogP contribution in [0.4, 0.5) is 5.69 Å². The summed E-state index contributed by atoms with van der Waals surface area (Å²) in [5, 5.41) is 13.6. The van der Waals surface area contributed by atoms with Gasteiger partial charge in [0, 0.05) is 11.1 Å². The number of fused-ring (bicyclic) bond motifs is 3. The predicted octanol–water partition coefficient (Wildman–Crippen LogP) is 5.63. The molecule has 0 aliphatic heterocycles. The fraction of sp³-hybridized carbons (Fsp3) is 0.292. The highest BCUT2D eigenvalue weighted by Gasteiger charge is 2.23. The zero-order valence-corrected chi connectivity index (χ0v) is 18.8. The number of carbonyl (C=O) groups excluding carboxylic acids is 1. The van der Waals surface area contributed by atoms with Crippen molar-refractivity contribution >= 4 is 39.9 Å². The van der Waals surface area contributed by atoms with Crippen LogP contribution < -0.4 is 5.32 Å². The molecule has 0 aliphatic carbocycles. The molecule has 0 fully saturated rings. The van der Waals surface area contributed by atoms with E-state index < -0.39 is 0 Å². The van der Waals surface area contributed by atoms with Crippen molar-refractivity contribution in [3.8, 4) is 0 Å². The number of thioether (sulfide) groups is 1. The Morgan fingerprint density at radius 3 is 2.57 bits per heavy atom. The van der Waals surface area contributed by atoms with Crippen molar-refractivity contribution in [3.05, 3.63) is 64.7 Å². The van der Waals surface area contributed by atoms with E-state index in [1.54, 1.807) is 0 Å². The summed E-state index contributed by atoms with van der Waals surface area (Å²) in [6.07, 6.45) is 0.694. The van der Waals surface area contributed by atoms with E-state index >= 15 is 0 Å². The van der Waals surface area contributed by atoms with Crippen LogP contribution in [0.25, 0.3) is 16.6 Å². The van der Waals surface area contributed by atoms with Crippen LogP contribution in [0.3, 0.4) is 0 Å². The van der Waals surface area contributed by atoms with Gasteiger partial charge in [-0.3, -0.25) is 9.20 Å². The molecular formula is C24H26N4OS. The highest BCUT2D eigenvalue weighted by atomic mass is 32.2. The van der Waals surface area contributed by atoms with Gasteiger partial charge in [-0.1, -0.05) is 54.6 Å². The SMILES string of the molecule is CCC(Sc1nnc2cc(C)c3cccc(C)c3n12)C(=O)Nc1ccc(C)cc1C. The number of pyridine rings is 1. The van der Waals surface area contributed by atoms with Crippen molar-refractivity contribution in [2.24, 2.45) is 0 Å². The summed E-state index contributed by atoms with van der Waals surface area (Å²) in [5.41, 5.74) is 7.34. The molecule has 30 heavy (non-hydrogen) atoms. The normalized spacial score (nSPS) is 12.4. The van der Waals surface area contributed by atoms with Gasteiger partial charge >= 0.3 is 0 Å². The van der Waals surface area contributed by atoms with Gasteiger partial charge in [0.25, 0.3) is 0 Å². The molecule has 0 bridgehead atoms. The lowest BCUT2D eigenvalue weighted by Crippen LogP contribution is -2.25. The zero-order valence-electron chi connectivity index (χ0n) is 18.0. The van der Waals surface area contributed by atoms with Gasteiger partial charge in [-0.15, -0.1) is 10.2 Å². The number of aromatic nitrogens is 3. The molecule has 1 amide bonds. The molecule has 0 saturated carbocycles. The van der Waals surface area contributed by atoms with Crippen molar-refractivity contribution in [1.82, 2.24) is 14.6 Å². The van der Waals surface area contributed by atoms with E-state index in [0.717, 1.165) is 33.1 Å². The quantitative estimate of drug-likeness (QED) is 0.427. The first-order valence-electron chi connectivity index (χ1n) is 10.2. The fourth-order valence-corrected chi connectivity index (χ4v) is 4.79. The second-order valence-corrected chi connectivity index (χ2v) is 8.97. The van der Waals surface area contributed by atoms with E-state index in [2.05, 4.69) is 64.1 Å². The van der Waals surface area contributed by atoms with Crippen molar-refractivity contribution in [1.29, 1.82) is 0 Å². The minimum Gasteiger partial charge on any atom is -0.325 e. The molecule has 0 saturated heterocycles. The second-order valence-electron chi connectivity index (χ2n) is 7.80. The number of carbonyl (C=O) groups is 1. The molecule has 6 heteroatoms. The Bertz CT molecular complexity index is 1260. The van der Waals surface area contributed by atoms with Gasteiger partial charge in [-0.2, -0.15) is 0 Å². The fourth-order valence-electron chi connectivity index (χ4n) is 3.82. The number of nitrogens with zero attached hydrogens (tertiary/aromatic N) is 3. The van der Waals surface area contributed by atoms with Crippen LogP contribution in [0, 0.1) is 27.7 Å². The van der Waals surface area contributed by atoms with Crippen LogP contribution in [0.5, 0.6) is 0 Å². The summed E-state index contributed by atoms with van der Waals surface area (Å²) in [7, 11) is 0. The Labute approximate surface area is 180 Å². The van der Waals surface area contributed by atoms with E-state index in [9.17, 15) is 4.79 Å². The van der Waals surface area contributed by atoms with Crippen LogP contribution in [0.15, 0.2) is 47.6 Å². The number of para-hydroxylation sites is 1. The molecule has 1 unspecified atom stereocenters. The first-order valence-corrected chi connectivity index (χ1v) is 11.1. The molecular weight excluding hydrogens is 392 g/mol. The van der Waals surface area contributed by atoms with Crippen LogP contribution in [0.2, 0.25) is 0 Å². The Kier molecular flexibility index (Phi) is 5.52. The molecule has 2 heterocycles. The molecule has 2 aromatic carbocycles. The molecule has 0 radical (unpaired) electrons. The molecule has 2 aromatic heterocycles. The maximum atomic E-state index is 13.0. The van der Waals surface area contributed by atoms with E-state index in [1.807, 2.05) is 32.9 Å². The summed E-state index contributed by atoms with van der Waals surface area (Å²) < 4.78 is 2.08. The number of amides is 1. The molecule has 0 aliphatic rings. The average Bonchev–Trinajstić information content (AvgIpc) is 3.10. The van der Waals surface area contributed by atoms with Crippen LogP contribution in [-0.2, 0) is 4.79 Å². The third kappa shape index (κ3) is 3.67. The van der Waals surface area contributed by atoms with Gasteiger partial charge in [0.1, 0.15) is 0 Å². The number of rotatable bonds is 5. The number of nitrogens with one attached hydrogen (secondary N) is 1. The van der Waals surface area contributed by atoms with Gasteiger partial charge in [0.05, 0.1) is 10.8 Å². The molecule has 5 nitrogen and oxygen atoms in total. The molecule has 1 N–H and O–H groups in total. The topological polar surface area (TPSA) is 59.3 Å². The second kappa shape index (κ2) is 8.11. The molecule has 1 atom stereocenters. The average molecular weight is 419 g/mol. The van der Waals surface area contributed by atoms with Gasteiger partial charge < -0.3 is 5.32 Å². The minimum absolute atomic E-state index is 0.0145. The maximum Gasteiger partial charge on any atom is 0.237 e. The Morgan fingerprint density at radius 1 is 1.03 bits per heavy atom. The van der Waals surface area contributed by atoms with Crippen molar-refractivity contribution in [2.75, 3.05) is 5.32 Å². The van der Waals surface area contributed by atoms with Gasteiger partial charge in [-0.25, -0.2) is 0 Å². The minimum atomic E-state index is -0.265. The predicted molar refractivity (Wildman–Crippen MR) is 124 cm³/mol. The molecule has 0 spiro atoms. The summed E-state index contributed by atoms with van der Waals surface area (Å²) >= 11 is 1.47. The highest BCUT2D eigenvalue weighted by molar-refractivity contribution is 8.00. The van der Waals surface area contributed by atoms with Crippen LogP contribution >= 0.6 is 11.8 Å². The number of anilines is 1. The van der Waals surface area contributed by atoms with E-state index in [4.69, 9.17) is 0 Å².